The molecular formula is C17H27N. The molecule has 0 atom stereocenters. The summed E-state index contributed by atoms with van der Waals surface area (Å²) in [4.78, 5) is 4.46. The van der Waals surface area contributed by atoms with E-state index in [1.807, 2.05) is 12.3 Å². The highest BCUT2D eigenvalue weighted by atomic mass is 14.7. The average Bonchev–Trinajstić information content (AvgIpc) is 2.42. The second-order valence-electron chi connectivity index (χ2n) is 4.92. The van der Waals surface area contributed by atoms with E-state index in [2.05, 4.69) is 36.2 Å². The van der Waals surface area contributed by atoms with Crippen LogP contribution in [0.25, 0.3) is 0 Å². The van der Waals surface area contributed by atoms with Gasteiger partial charge in [-0.15, -0.1) is 0 Å². The molecule has 1 rings (SSSR count). The molecule has 100 valence electrons. The topological polar surface area (TPSA) is 12.4 Å². The third-order valence-corrected chi connectivity index (χ3v) is 3.18. The normalized spacial score (nSPS) is 11.2. The van der Waals surface area contributed by atoms with Crippen LogP contribution in [0.4, 0.5) is 0 Å². The molecule has 0 amide bonds. The average molecular weight is 245 g/mol. The van der Waals surface area contributed by atoms with Crippen molar-refractivity contribution in [3.8, 4) is 0 Å². The van der Waals surface area contributed by atoms with Crippen LogP contribution in [0, 0.1) is 0 Å². The standard InChI is InChI=1S/C17H27N/c1-2-3-4-5-6-7-8-12-15-18-16-17-13-10-9-11-14-17/h9-11,13-14,16H,2-8,12,15H2,1H3. The van der Waals surface area contributed by atoms with Crippen LogP contribution in [0.2, 0.25) is 0 Å². The molecule has 1 aromatic rings. The molecule has 18 heavy (non-hydrogen) atoms. The van der Waals surface area contributed by atoms with E-state index < -0.39 is 0 Å². The van der Waals surface area contributed by atoms with Crippen LogP contribution < -0.4 is 0 Å². The molecule has 0 spiro atoms. The quantitative estimate of drug-likeness (QED) is 0.394. The number of rotatable bonds is 10. The van der Waals surface area contributed by atoms with Gasteiger partial charge in [0.2, 0.25) is 0 Å². The minimum absolute atomic E-state index is 0.976. The van der Waals surface area contributed by atoms with Crippen molar-refractivity contribution >= 4 is 6.21 Å². The van der Waals surface area contributed by atoms with Gasteiger partial charge in [0.1, 0.15) is 0 Å². The molecule has 0 N–H and O–H groups in total. The maximum Gasteiger partial charge on any atom is 0.0389 e. The van der Waals surface area contributed by atoms with Crippen LogP contribution >= 0.6 is 0 Å². The molecule has 1 aromatic carbocycles. The molecule has 0 aromatic heterocycles. The Kier molecular flexibility index (Phi) is 9.14. The van der Waals surface area contributed by atoms with Gasteiger partial charge in [0, 0.05) is 12.8 Å². The Morgan fingerprint density at radius 2 is 1.44 bits per heavy atom. The van der Waals surface area contributed by atoms with Gasteiger partial charge >= 0.3 is 0 Å². The third-order valence-electron chi connectivity index (χ3n) is 3.18. The summed E-state index contributed by atoms with van der Waals surface area (Å²) >= 11 is 0. The van der Waals surface area contributed by atoms with Gasteiger partial charge in [-0.3, -0.25) is 4.99 Å². The first-order valence-electron chi connectivity index (χ1n) is 7.48. The molecule has 0 saturated heterocycles. The summed E-state index contributed by atoms with van der Waals surface area (Å²) in [6.45, 7) is 3.24. The van der Waals surface area contributed by atoms with Gasteiger partial charge in [-0.2, -0.15) is 0 Å². The Morgan fingerprint density at radius 1 is 0.833 bits per heavy atom. The SMILES string of the molecule is CCCCCCCCCCN=Cc1ccccc1. The highest BCUT2D eigenvalue weighted by molar-refractivity contribution is 5.79. The van der Waals surface area contributed by atoms with Crippen LogP contribution in [0.5, 0.6) is 0 Å². The van der Waals surface area contributed by atoms with Gasteiger partial charge in [0.05, 0.1) is 0 Å². The van der Waals surface area contributed by atoms with Gasteiger partial charge < -0.3 is 0 Å². The Bertz CT molecular complexity index is 303. The van der Waals surface area contributed by atoms with E-state index in [0.717, 1.165) is 6.54 Å². The molecule has 0 fully saturated rings. The molecule has 0 unspecified atom stereocenters. The lowest BCUT2D eigenvalue weighted by molar-refractivity contribution is 0.578. The van der Waals surface area contributed by atoms with Crippen LogP contribution in [-0.2, 0) is 0 Å². The van der Waals surface area contributed by atoms with Gasteiger partial charge in [-0.1, -0.05) is 82.2 Å². The summed E-state index contributed by atoms with van der Waals surface area (Å²) in [6.07, 6.45) is 12.9. The number of aliphatic imine (C=N–C) groups is 1. The van der Waals surface area contributed by atoms with E-state index in [0.29, 0.717) is 0 Å². The largest absolute Gasteiger partial charge is 0.293 e. The first-order valence-corrected chi connectivity index (χ1v) is 7.48. The number of hydrogen-bond donors (Lipinski definition) is 0. The monoisotopic (exact) mass is 245 g/mol. The zero-order valence-electron chi connectivity index (χ0n) is 11.8. The number of unbranched alkanes of at least 4 members (excludes halogenated alkanes) is 7. The van der Waals surface area contributed by atoms with Crippen molar-refractivity contribution < 1.29 is 0 Å². The maximum absolute atomic E-state index is 4.46. The lowest BCUT2D eigenvalue weighted by atomic mass is 10.1. The van der Waals surface area contributed by atoms with E-state index in [9.17, 15) is 0 Å². The summed E-state index contributed by atoms with van der Waals surface area (Å²) in [5.74, 6) is 0. The van der Waals surface area contributed by atoms with E-state index in [1.54, 1.807) is 0 Å². The van der Waals surface area contributed by atoms with Crippen molar-refractivity contribution in [1.82, 2.24) is 0 Å². The molecular weight excluding hydrogens is 218 g/mol. The molecule has 0 aliphatic rings. The molecule has 0 aliphatic carbocycles. The van der Waals surface area contributed by atoms with Crippen LogP contribution in [-0.4, -0.2) is 12.8 Å². The molecule has 0 aliphatic heterocycles. The molecule has 0 radical (unpaired) electrons. The Balaban J connectivity index is 1.91. The van der Waals surface area contributed by atoms with Crippen molar-refractivity contribution in [1.29, 1.82) is 0 Å². The maximum atomic E-state index is 4.46. The lowest BCUT2D eigenvalue weighted by Gasteiger charge is -1.99. The van der Waals surface area contributed by atoms with E-state index in [1.165, 1.54) is 56.9 Å². The van der Waals surface area contributed by atoms with E-state index in [-0.39, 0.29) is 0 Å². The second-order valence-corrected chi connectivity index (χ2v) is 4.92. The summed E-state index contributed by atoms with van der Waals surface area (Å²) in [6, 6.07) is 10.3. The fourth-order valence-electron chi connectivity index (χ4n) is 2.05. The van der Waals surface area contributed by atoms with Crippen molar-refractivity contribution in [2.45, 2.75) is 58.3 Å². The van der Waals surface area contributed by atoms with Gasteiger partial charge in [0.25, 0.3) is 0 Å². The van der Waals surface area contributed by atoms with Gasteiger partial charge in [-0.25, -0.2) is 0 Å². The number of benzene rings is 1. The number of nitrogens with zero attached hydrogens (tertiary/aromatic N) is 1. The van der Waals surface area contributed by atoms with E-state index >= 15 is 0 Å². The minimum atomic E-state index is 0.976. The van der Waals surface area contributed by atoms with Crippen LogP contribution in [0.15, 0.2) is 35.3 Å². The van der Waals surface area contributed by atoms with Gasteiger partial charge in [0.15, 0.2) is 0 Å². The van der Waals surface area contributed by atoms with Crippen molar-refractivity contribution in [2.75, 3.05) is 6.54 Å². The summed E-state index contributed by atoms with van der Waals surface area (Å²) in [7, 11) is 0. The van der Waals surface area contributed by atoms with Crippen molar-refractivity contribution in [2.24, 2.45) is 4.99 Å². The molecule has 0 heterocycles. The molecule has 0 bridgehead atoms. The fourth-order valence-corrected chi connectivity index (χ4v) is 2.05. The first-order chi connectivity index (χ1) is 8.93. The van der Waals surface area contributed by atoms with Crippen molar-refractivity contribution in [3.05, 3.63) is 35.9 Å². The van der Waals surface area contributed by atoms with Crippen molar-refractivity contribution in [3.63, 3.8) is 0 Å². The minimum Gasteiger partial charge on any atom is -0.293 e. The molecule has 0 saturated carbocycles. The Hall–Kier alpha value is -1.11. The smallest absolute Gasteiger partial charge is 0.0389 e. The predicted molar refractivity (Wildman–Crippen MR) is 81.5 cm³/mol. The van der Waals surface area contributed by atoms with Crippen LogP contribution in [0.3, 0.4) is 0 Å². The Morgan fingerprint density at radius 3 is 2.11 bits per heavy atom. The van der Waals surface area contributed by atoms with Crippen LogP contribution in [0.1, 0.15) is 63.9 Å². The third kappa shape index (κ3) is 8.05. The zero-order chi connectivity index (χ0) is 12.9. The second kappa shape index (κ2) is 11.0. The zero-order valence-corrected chi connectivity index (χ0v) is 11.8. The summed E-state index contributed by atoms with van der Waals surface area (Å²) in [5.41, 5.74) is 1.21. The summed E-state index contributed by atoms with van der Waals surface area (Å²) in [5, 5.41) is 0. The highest BCUT2D eigenvalue weighted by Gasteiger charge is 1.90. The lowest BCUT2D eigenvalue weighted by Crippen LogP contribution is -1.86. The fraction of sp³-hybridized carbons (Fsp3) is 0.588. The van der Waals surface area contributed by atoms with Gasteiger partial charge in [-0.05, 0) is 12.0 Å². The number of hydrogen-bond acceptors (Lipinski definition) is 1. The Labute approximate surface area is 112 Å². The highest BCUT2D eigenvalue weighted by Crippen LogP contribution is 2.08. The first kappa shape index (κ1) is 14.9. The molecule has 1 heteroatoms. The molecule has 1 nitrogen and oxygen atoms in total. The summed E-state index contributed by atoms with van der Waals surface area (Å²) < 4.78 is 0. The van der Waals surface area contributed by atoms with E-state index in [4.69, 9.17) is 0 Å². The predicted octanol–water partition coefficient (Wildman–Crippen LogP) is 5.25.